The predicted octanol–water partition coefficient (Wildman–Crippen LogP) is 1.41. The molecule has 1 aromatic rings. The Bertz CT molecular complexity index is 165. The Labute approximate surface area is 65.5 Å². The smallest absolute Gasteiger partial charge is 0.123 e. The molecule has 0 atom stereocenters. The first kappa shape index (κ1) is 9.91. The highest BCUT2D eigenvalue weighted by Crippen LogP contribution is 2.01. The summed E-state index contributed by atoms with van der Waals surface area (Å²) in [5, 5.41) is 7.57. The maximum absolute atomic E-state index is 12.0. The molecule has 0 spiro atoms. The lowest BCUT2D eigenvalue weighted by Crippen LogP contribution is -1.82. The molecule has 0 fully saturated rings. The van der Waals surface area contributed by atoms with Gasteiger partial charge in [0.2, 0.25) is 0 Å². The highest BCUT2D eigenvalue weighted by atomic mass is 19.1. The summed E-state index contributed by atoms with van der Waals surface area (Å²) in [6.07, 6.45) is 0. The van der Waals surface area contributed by atoms with E-state index in [2.05, 4.69) is 0 Å². The summed E-state index contributed by atoms with van der Waals surface area (Å²) < 4.78 is 12.0. The first-order valence-corrected chi connectivity index (χ1v) is 3.32. The topological polar surface area (TPSA) is 46.2 Å². The number of nitrogen functional groups attached to an aromatic ring is 1. The largest absolute Gasteiger partial charge is 0.399 e. The quantitative estimate of drug-likeness (QED) is 0.559. The van der Waals surface area contributed by atoms with Crippen molar-refractivity contribution in [2.75, 3.05) is 12.3 Å². The lowest BCUT2D eigenvalue weighted by atomic mass is 10.3. The molecule has 0 heterocycles. The first-order valence-electron chi connectivity index (χ1n) is 3.32. The summed E-state index contributed by atoms with van der Waals surface area (Å²) in [6, 6.07) is 5.70. The van der Waals surface area contributed by atoms with Crippen molar-refractivity contribution in [2.24, 2.45) is 0 Å². The maximum atomic E-state index is 12.0. The molecule has 3 N–H and O–H groups in total. The van der Waals surface area contributed by atoms with Crippen LogP contribution in [0.3, 0.4) is 0 Å². The molecular formula is C8H12FNO. The van der Waals surface area contributed by atoms with E-state index < -0.39 is 0 Å². The number of aliphatic hydroxyl groups is 1. The van der Waals surface area contributed by atoms with Gasteiger partial charge in [-0.25, -0.2) is 4.39 Å². The van der Waals surface area contributed by atoms with Gasteiger partial charge in [-0.05, 0) is 31.2 Å². The molecule has 0 radical (unpaired) electrons. The molecule has 1 rings (SSSR count). The number of halogens is 1. The van der Waals surface area contributed by atoms with Gasteiger partial charge >= 0.3 is 0 Å². The van der Waals surface area contributed by atoms with E-state index in [1.54, 1.807) is 6.92 Å². The van der Waals surface area contributed by atoms with Crippen molar-refractivity contribution in [1.82, 2.24) is 0 Å². The summed E-state index contributed by atoms with van der Waals surface area (Å²) >= 11 is 0. The van der Waals surface area contributed by atoms with Crippen molar-refractivity contribution in [3.8, 4) is 0 Å². The van der Waals surface area contributed by atoms with Gasteiger partial charge in [0.15, 0.2) is 0 Å². The average Bonchev–Trinajstić information content (AvgIpc) is 1.97. The lowest BCUT2D eigenvalue weighted by molar-refractivity contribution is 0.318. The van der Waals surface area contributed by atoms with Gasteiger partial charge in [0, 0.05) is 12.3 Å². The highest BCUT2D eigenvalue weighted by molar-refractivity contribution is 5.36. The minimum Gasteiger partial charge on any atom is -0.399 e. The number of aliphatic hydroxyl groups excluding tert-OH is 1. The van der Waals surface area contributed by atoms with E-state index in [9.17, 15) is 4.39 Å². The van der Waals surface area contributed by atoms with Crippen molar-refractivity contribution in [2.45, 2.75) is 6.92 Å². The Morgan fingerprint density at radius 1 is 1.36 bits per heavy atom. The number of hydrogen-bond donors (Lipinski definition) is 2. The summed E-state index contributed by atoms with van der Waals surface area (Å²) in [6.45, 7) is 1.93. The number of nitrogens with two attached hydrogens (primary N) is 1. The fraction of sp³-hybridized carbons (Fsp3) is 0.250. The van der Waals surface area contributed by atoms with Crippen LogP contribution in [0.25, 0.3) is 0 Å². The zero-order valence-electron chi connectivity index (χ0n) is 6.42. The van der Waals surface area contributed by atoms with Crippen LogP contribution in [-0.2, 0) is 0 Å². The van der Waals surface area contributed by atoms with Gasteiger partial charge in [-0.3, -0.25) is 0 Å². The molecule has 0 bridgehead atoms. The second-order valence-electron chi connectivity index (χ2n) is 1.87. The fourth-order valence-corrected chi connectivity index (χ4v) is 0.463. The van der Waals surface area contributed by atoms with E-state index in [4.69, 9.17) is 10.8 Å². The summed E-state index contributed by atoms with van der Waals surface area (Å²) in [7, 11) is 0. The number of rotatable bonds is 0. The van der Waals surface area contributed by atoms with E-state index in [1.165, 1.54) is 24.3 Å². The van der Waals surface area contributed by atoms with E-state index in [1.807, 2.05) is 0 Å². The van der Waals surface area contributed by atoms with Crippen molar-refractivity contribution >= 4 is 5.69 Å². The van der Waals surface area contributed by atoms with Gasteiger partial charge in [0.05, 0.1) is 0 Å². The molecule has 0 unspecified atom stereocenters. The van der Waals surface area contributed by atoms with E-state index in [0.717, 1.165) is 0 Å². The zero-order chi connectivity index (χ0) is 8.69. The number of benzene rings is 1. The SMILES string of the molecule is CCO.Nc1ccc(F)cc1. The minimum atomic E-state index is -0.251. The summed E-state index contributed by atoms with van der Waals surface area (Å²) in [5.74, 6) is -0.251. The molecule has 0 aliphatic carbocycles. The van der Waals surface area contributed by atoms with Crippen LogP contribution in [0, 0.1) is 5.82 Å². The van der Waals surface area contributed by atoms with Crippen molar-refractivity contribution in [1.29, 1.82) is 0 Å². The van der Waals surface area contributed by atoms with Gasteiger partial charge in [0.1, 0.15) is 5.82 Å². The van der Waals surface area contributed by atoms with Gasteiger partial charge in [-0.2, -0.15) is 0 Å². The third kappa shape index (κ3) is 5.36. The molecule has 0 aromatic heterocycles. The molecule has 2 nitrogen and oxygen atoms in total. The van der Waals surface area contributed by atoms with Gasteiger partial charge < -0.3 is 10.8 Å². The molecule has 3 heteroatoms. The van der Waals surface area contributed by atoms with Crippen LogP contribution >= 0.6 is 0 Å². The third-order valence-corrected chi connectivity index (χ3v) is 0.870. The zero-order valence-corrected chi connectivity index (χ0v) is 6.42. The van der Waals surface area contributed by atoms with E-state index in [-0.39, 0.29) is 12.4 Å². The Morgan fingerprint density at radius 2 is 1.73 bits per heavy atom. The number of hydrogen-bond acceptors (Lipinski definition) is 2. The van der Waals surface area contributed by atoms with Crippen LogP contribution < -0.4 is 5.73 Å². The second kappa shape index (κ2) is 5.68. The maximum Gasteiger partial charge on any atom is 0.123 e. The predicted molar refractivity (Wildman–Crippen MR) is 43.6 cm³/mol. The van der Waals surface area contributed by atoms with E-state index in [0.29, 0.717) is 5.69 Å². The average molecular weight is 157 g/mol. The van der Waals surface area contributed by atoms with E-state index >= 15 is 0 Å². The molecule has 0 saturated carbocycles. The van der Waals surface area contributed by atoms with Crippen molar-refractivity contribution < 1.29 is 9.50 Å². The summed E-state index contributed by atoms with van der Waals surface area (Å²) in [4.78, 5) is 0. The van der Waals surface area contributed by atoms with Crippen LogP contribution in [0.5, 0.6) is 0 Å². The highest BCUT2D eigenvalue weighted by Gasteiger charge is 1.83. The normalized spacial score (nSPS) is 8.27. The van der Waals surface area contributed by atoms with Crippen LogP contribution in [-0.4, -0.2) is 11.7 Å². The molecular weight excluding hydrogens is 145 g/mol. The van der Waals surface area contributed by atoms with Gasteiger partial charge in [-0.15, -0.1) is 0 Å². The molecule has 0 aliphatic heterocycles. The minimum absolute atomic E-state index is 0.250. The van der Waals surface area contributed by atoms with Crippen LogP contribution in [0.15, 0.2) is 24.3 Å². The lowest BCUT2D eigenvalue weighted by Gasteiger charge is -1.87. The monoisotopic (exact) mass is 157 g/mol. The van der Waals surface area contributed by atoms with Gasteiger partial charge in [-0.1, -0.05) is 0 Å². The Hall–Kier alpha value is -1.09. The Balaban J connectivity index is 0.000000292. The van der Waals surface area contributed by atoms with Gasteiger partial charge in [0.25, 0.3) is 0 Å². The first-order chi connectivity index (χ1) is 5.20. The molecule has 11 heavy (non-hydrogen) atoms. The standard InChI is InChI=1S/C6H6FN.C2H6O/c7-5-1-3-6(8)4-2-5;1-2-3/h1-4H,8H2;3H,2H2,1H3. The molecule has 0 amide bonds. The molecule has 0 saturated heterocycles. The molecule has 62 valence electrons. The Kier molecular flexibility index (Phi) is 5.11. The Morgan fingerprint density at radius 3 is 2.00 bits per heavy atom. The van der Waals surface area contributed by atoms with Crippen LogP contribution in [0.2, 0.25) is 0 Å². The van der Waals surface area contributed by atoms with Crippen LogP contribution in [0.1, 0.15) is 6.92 Å². The molecule has 0 aliphatic rings. The van der Waals surface area contributed by atoms with Crippen LogP contribution in [0.4, 0.5) is 10.1 Å². The second-order valence-corrected chi connectivity index (χ2v) is 1.87. The third-order valence-electron chi connectivity index (χ3n) is 0.870. The fourth-order valence-electron chi connectivity index (χ4n) is 0.463. The summed E-state index contributed by atoms with van der Waals surface area (Å²) in [5.41, 5.74) is 5.85. The van der Waals surface area contributed by atoms with Crippen molar-refractivity contribution in [3.05, 3.63) is 30.1 Å². The van der Waals surface area contributed by atoms with Crippen molar-refractivity contribution in [3.63, 3.8) is 0 Å². The molecule has 1 aromatic carbocycles. The number of anilines is 1.